The van der Waals surface area contributed by atoms with Crippen LogP contribution < -0.4 is 14.8 Å². The fraction of sp³-hybridized carbons (Fsp3) is 0.174. The number of benzene rings is 3. The monoisotopic (exact) mass is 376 g/mol. The summed E-state index contributed by atoms with van der Waals surface area (Å²) >= 11 is 0. The fourth-order valence-corrected chi connectivity index (χ4v) is 5.47. The third kappa shape index (κ3) is 4.66. The lowest BCUT2D eigenvalue weighted by Crippen LogP contribution is -2.47. The highest BCUT2D eigenvalue weighted by atomic mass is 28.3. The topological polar surface area (TPSA) is 46.5 Å². The minimum atomic E-state index is -2.07. The average molecular weight is 377 g/mol. The van der Waals surface area contributed by atoms with Crippen LogP contribution in [-0.4, -0.2) is 20.1 Å². The van der Waals surface area contributed by atoms with Crippen LogP contribution in [0.5, 0.6) is 5.75 Å². The average Bonchev–Trinajstić information content (AvgIpc) is 2.72. The van der Waals surface area contributed by atoms with Gasteiger partial charge in [-0.1, -0.05) is 86.1 Å². The number of carboxylic acids is 1. The molecule has 0 aliphatic carbocycles. The summed E-state index contributed by atoms with van der Waals surface area (Å²) in [6.45, 7) is 2.13. The summed E-state index contributed by atoms with van der Waals surface area (Å²) in [5.41, 5.74) is 1.22. The van der Waals surface area contributed by atoms with E-state index in [0.29, 0.717) is 5.75 Å². The highest BCUT2D eigenvalue weighted by Gasteiger charge is 2.24. The van der Waals surface area contributed by atoms with Gasteiger partial charge in [-0.25, -0.2) is 4.79 Å². The molecule has 0 saturated heterocycles. The Morgan fingerprint density at radius 2 is 1.48 bits per heavy atom. The molecule has 0 aliphatic heterocycles. The van der Waals surface area contributed by atoms with Gasteiger partial charge in [0.1, 0.15) is 11.3 Å². The number of carboxylic acid groups (broad SMARTS) is 1. The van der Waals surface area contributed by atoms with Crippen LogP contribution in [0.1, 0.15) is 35.7 Å². The first kappa shape index (κ1) is 18.9. The van der Waals surface area contributed by atoms with E-state index in [-0.39, 0.29) is 5.56 Å². The van der Waals surface area contributed by atoms with E-state index < -0.39 is 15.0 Å². The third-order valence-electron chi connectivity index (χ3n) is 4.57. The zero-order valence-electron chi connectivity index (χ0n) is 15.5. The number of hydrogen-bond acceptors (Lipinski definition) is 2. The standard InChI is InChI=1S/C23H24O3Si/c1-2-3-11-18-12-10-17-21(23(24)25)22(18)26-27(19-13-6-4-7-14-19)20-15-8-5-9-16-20/h4-10,12-17,27H,2-3,11H2,1H3,(H,24,25). The van der Waals surface area contributed by atoms with E-state index in [1.165, 1.54) is 0 Å². The van der Waals surface area contributed by atoms with Crippen molar-refractivity contribution < 1.29 is 14.3 Å². The molecule has 138 valence electrons. The lowest BCUT2D eigenvalue weighted by molar-refractivity contribution is 0.0694. The Labute approximate surface area is 162 Å². The second kappa shape index (κ2) is 9.19. The highest BCUT2D eigenvalue weighted by molar-refractivity contribution is 6.80. The van der Waals surface area contributed by atoms with E-state index in [2.05, 4.69) is 31.2 Å². The molecular formula is C23H24O3Si. The first-order valence-electron chi connectivity index (χ1n) is 9.32. The molecule has 1 N–H and O–H groups in total. The zero-order chi connectivity index (χ0) is 19.1. The Balaban J connectivity index is 2.07. The van der Waals surface area contributed by atoms with Crippen LogP contribution in [0.3, 0.4) is 0 Å². The molecule has 0 amide bonds. The summed E-state index contributed by atoms with van der Waals surface area (Å²) in [5.74, 6) is -0.417. The Hall–Kier alpha value is -2.85. The number of aromatic carboxylic acids is 1. The number of hydrogen-bond donors (Lipinski definition) is 1. The quantitative estimate of drug-likeness (QED) is 0.611. The van der Waals surface area contributed by atoms with Crippen molar-refractivity contribution in [3.05, 3.63) is 90.0 Å². The SMILES string of the molecule is CCCCc1cccc(C(=O)O)c1O[SiH](c1ccccc1)c1ccccc1. The molecule has 0 atom stereocenters. The van der Waals surface area contributed by atoms with Crippen molar-refractivity contribution in [3.8, 4) is 5.75 Å². The minimum Gasteiger partial charge on any atom is -0.537 e. The van der Waals surface area contributed by atoms with Crippen LogP contribution in [0.2, 0.25) is 0 Å². The number of para-hydroxylation sites is 1. The summed E-state index contributed by atoms with van der Waals surface area (Å²) in [6.07, 6.45) is 2.87. The summed E-state index contributed by atoms with van der Waals surface area (Å²) in [4.78, 5) is 11.8. The molecule has 0 bridgehead atoms. The van der Waals surface area contributed by atoms with E-state index in [1.807, 2.05) is 48.5 Å². The molecular weight excluding hydrogens is 352 g/mol. The van der Waals surface area contributed by atoms with Crippen LogP contribution in [0.4, 0.5) is 0 Å². The van der Waals surface area contributed by atoms with Gasteiger partial charge in [0.05, 0.1) is 0 Å². The van der Waals surface area contributed by atoms with E-state index in [4.69, 9.17) is 4.43 Å². The van der Waals surface area contributed by atoms with E-state index in [0.717, 1.165) is 35.2 Å². The van der Waals surface area contributed by atoms with Crippen molar-refractivity contribution in [2.24, 2.45) is 0 Å². The largest absolute Gasteiger partial charge is 0.537 e. The van der Waals surface area contributed by atoms with Crippen LogP contribution in [0, 0.1) is 0 Å². The van der Waals surface area contributed by atoms with Gasteiger partial charge in [0.25, 0.3) is 9.04 Å². The van der Waals surface area contributed by atoms with Gasteiger partial charge in [0, 0.05) is 0 Å². The van der Waals surface area contributed by atoms with Gasteiger partial charge in [0.15, 0.2) is 0 Å². The summed E-state index contributed by atoms with van der Waals surface area (Å²) in [5, 5.41) is 12.0. The predicted molar refractivity (Wildman–Crippen MR) is 112 cm³/mol. The number of aryl methyl sites for hydroxylation is 1. The normalized spacial score (nSPS) is 10.7. The molecule has 0 fully saturated rings. The first-order chi connectivity index (χ1) is 13.2. The van der Waals surface area contributed by atoms with Crippen molar-refractivity contribution in [2.75, 3.05) is 0 Å². The van der Waals surface area contributed by atoms with Gasteiger partial charge in [-0.3, -0.25) is 0 Å². The molecule has 3 rings (SSSR count). The summed E-state index contributed by atoms with van der Waals surface area (Å²) < 4.78 is 6.57. The lowest BCUT2D eigenvalue weighted by Gasteiger charge is -2.22. The Kier molecular flexibility index (Phi) is 6.44. The van der Waals surface area contributed by atoms with Crippen molar-refractivity contribution in [2.45, 2.75) is 26.2 Å². The maximum absolute atomic E-state index is 11.8. The van der Waals surface area contributed by atoms with E-state index in [1.54, 1.807) is 6.07 Å². The molecule has 27 heavy (non-hydrogen) atoms. The molecule has 0 spiro atoms. The van der Waals surface area contributed by atoms with Gasteiger partial charge < -0.3 is 9.53 Å². The molecule has 3 nitrogen and oxygen atoms in total. The smallest absolute Gasteiger partial charge is 0.339 e. The predicted octanol–water partition coefficient (Wildman–Crippen LogP) is 3.64. The lowest BCUT2D eigenvalue weighted by atomic mass is 10.0. The molecule has 4 heteroatoms. The Bertz CT molecular complexity index is 839. The van der Waals surface area contributed by atoms with Crippen LogP contribution in [-0.2, 0) is 6.42 Å². The van der Waals surface area contributed by atoms with Gasteiger partial charge in [0.2, 0.25) is 0 Å². The van der Waals surface area contributed by atoms with Gasteiger partial charge in [-0.2, -0.15) is 0 Å². The molecule has 0 saturated carbocycles. The molecule has 0 radical (unpaired) electrons. The fourth-order valence-electron chi connectivity index (χ4n) is 3.16. The van der Waals surface area contributed by atoms with Crippen molar-refractivity contribution in [1.82, 2.24) is 0 Å². The summed E-state index contributed by atoms with van der Waals surface area (Å²) in [6, 6.07) is 25.7. The van der Waals surface area contributed by atoms with E-state index >= 15 is 0 Å². The third-order valence-corrected chi connectivity index (χ3v) is 7.02. The molecule has 0 unspecified atom stereocenters. The Morgan fingerprint density at radius 1 is 0.889 bits per heavy atom. The molecule has 3 aromatic rings. The second-order valence-corrected chi connectivity index (χ2v) is 8.85. The first-order valence-corrected chi connectivity index (χ1v) is 10.9. The number of rotatable bonds is 8. The minimum absolute atomic E-state index is 0.243. The van der Waals surface area contributed by atoms with Crippen LogP contribution in [0.25, 0.3) is 0 Å². The number of carbonyl (C=O) groups is 1. The van der Waals surface area contributed by atoms with Crippen LogP contribution >= 0.6 is 0 Å². The van der Waals surface area contributed by atoms with E-state index in [9.17, 15) is 9.90 Å². The van der Waals surface area contributed by atoms with Crippen LogP contribution in [0.15, 0.2) is 78.9 Å². The second-order valence-electron chi connectivity index (χ2n) is 6.52. The van der Waals surface area contributed by atoms with Crippen molar-refractivity contribution >= 4 is 25.4 Å². The van der Waals surface area contributed by atoms with Gasteiger partial charge in [-0.15, -0.1) is 0 Å². The van der Waals surface area contributed by atoms with Crippen molar-refractivity contribution in [3.63, 3.8) is 0 Å². The maximum Gasteiger partial charge on any atom is 0.339 e. The highest BCUT2D eigenvalue weighted by Crippen LogP contribution is 2.26. The summed E-state index contributed by atoms with van der Waals surface area (Å²) in [7, 11) is -2.07. The molecule has 0 aliphatic rings. The molecule has 3 aromatic carbocycles. The number of unbranched alkanes of at least 4 members (excludes halogenated alkanes) is 1. The molecule has 0 aromatic heterocycles. The molecule has 0 heterocycles. The van der Waals surface area contributed by atoms with Gasteiger partial charge in [-0.05, 0) is 34.8 Å². The zero-order valence-corrected chi connectivity index (χ0v) is 16.6. The van der Waals surface area contributed by atoms with Crippen molar-refractivity contribution in [1.29, 1.82) is 0 Å². The maximum atomic E-state index is 11.8. The van der Waals surface area contributed by atoms with Gasteiger partial charge >= 0.3 is 5.97 Å². The Morgan fingerprint density at radius 3 is 2.00 bits per heavy atom.